The Morgan fingerprint density at radius 3 is 1.96 bits per heavy atom. The molecule has 0 spiro atoms. The molecule has 0 aliphatic carbocycles. The van der Waals surface area contributed by atoms with Crippen LogP contribution in [-0.2, 0) is 10.1 Å². The van der Waals surface area contributed by atoms with Crippen molar-refractivity contribution >= 4 is 22.7 Å². The fraction of sp³-hybridized carbons (Fsp3) is 0.100. The van der Waals surface area contributed by atoms with Gasteiger partial charge in [-0.15, -0.1) is 0 Å². The van der Waals surface area contributed by atoms with Gasteiger partial charge in [0.25, 0.3) is 0 Å². The van der Waals surface area contributed by atoms with Crippen LogP contribution in [0, 0.1) is 6.92 Å². The highest BCUT2D eigenvalue weighted by Crippen LogP contribution is 2.29. The standard InChI is InChI=1S/C20H18O3S2/c1-15-7-13-19(14-8-15)25(21,22)23-18-11-9-17(10-12-18)20(24)16-5-3-2-4-6-16/h2-14,20,24H,1H3. The molecular weight excluding hydrogens is 352 g/mol. The maximum Gasteiger partial charge on any atom is 0.339 e. The van der Waals surface area contributed by atoms with Crippen molar-refractivity contribution in [1.82, 2.24) is 0 Å². The van der Waals surface area contributed by atoms with Gasteiger partial charge in [-0.05, 0) is 42.3 Å². The van der Waals surface area contributed by atoms with E-state index in [1.165, 1.54) is 12.1 Å². The summed E-state index contributed by atoms with van der Waals surface area (Å²) in [6, 6.07) is 23.4. The Hall–Kier alpha value is -2.24. The van der Waals surface area contributed by atoms with Crippen LogP contribution in [0.3, 0.4) is 0 Å². The highest BCUT2D eigenvalue weighted by molar-refractivity contribution is 7.87. The summed E-state index contributed by atoms with van der Waals surface area (Å²) in [5.41, 5.74) is 3.03. The monoisotopic (exact) mass is 370 g/mol. The molecule has 3 nitrogen and oxygen atoms in total. The zero-order valence-electron chi connectivity index (χ0n) is 13.7. The molecule has 3 aromatic carbocycles. The van der Waals surface area contributed by atoms with Gasteiger partial charge in [0.15, 0.2) is 0 Å². The molecule has 0 radical (unpaired) electrons. The number of rotatable bonds is 5. The Bertz CT molecular complexity index is 932. The van der Waals surface area contributed by atoms with Crippen molar-refractivity contribution in [2.75, 3.05) is 0 Å². The van der Waals surface area contributed by atoms with Crippen molar-refractivity contribution in [3.8, 4) is 5.75 Å². The maximum atomic E-state index is 12.3. The zero-order chi connectivity index (χ0) is 17.9. The van der Waals surface area contributed by atoms with Crippen LogP contribution >= 0.6 is 12.6 Å². The molecule has 0 aliphatic rings. The smallest absolute Gasteiger partial charge is 0.339 e. The van der Waals surface area contributed by atoms with Crippen LogP contribution in [0.25, 0.3) is 0 Å². The summed E-state index contributed by atoms with van der Waals surface area (Å²) in [7, 11) is -3.83. The Balaban J connectivity index is 1.77. The van der Waals surface area contributed by atoms with Crippen molar-refractivity contribution in [2.45, 2.75) is 17.1 Å². The quantitative estimate of drug-likeness (QED) is 0.519. The molecule has 0 saturated carbocycles. The van der Waals surface area contributed by atoms with Gasteiger partial charge in [0.2, 0.25) is 0 Å². The van der Waals surface area contributed by atoms with Gasteiger partial charge in [-0.3, -0.25) is 0 Å². The van der Waals surface area contributed by atoms with Gasteiger partial charge in [-0.1, -0.05) is 60.2 Å². The predicted octanol–water partition coefficient (Wildman–Crippen LogP) is 4.78. The lowest BCUT2D eigenvalue weighted by molar-refractivity contribution is 0.486. The van der Waals surface area contributed by atoms with Crippen LogP contribution in [-0.4, -0.2) is 8.42 Å². The Morgan fingerprint density at radius 1 is 0.800 bits per heavy atom. The topological polar surface area (TPSA) is 43.4 Å². The lowest BCUT2D eigenvalue weighted by Crippen LogP contribution is -2.09. The molecule has 0 N–H and O–H groups in total. The maximum absolute atomic E-state index is 12.3. The predicted molar refractivity (Wildman–Crippen MR) is 103 cm³/mol. The van der Waals surface area contributed by atoms with Crippen LogP contribution in [0.4, 0.5) is 0 Å². The first-order valence-corrected chi connectivity index (χ1v) is 9.72. The largest absolute Gasteiger partial charge is 0.379 e. The van der Waals surface area contributed by atoms with E-state index in [1.807, 2.05) is 49.4 Å². The molecule has 0 aliphatic heterocycles. The molecule has 0 heterocycles. The normalized spacial score (nSPS) is 12.6. The lowest BCUT2D eigenvalue weighted by atomic mass is 10.0. The first-order valence-electron chi connectivity index (χ1n) is 7.80. The third kappa shape index (κ3) is 4.24. The summed E-state index contributed by atoms with van der Waals surface area (Å²) < 4.78 is 29.8. The van der Waals surface area contributed by atoms with Gasteiger partial charge in [0, 0.05) is 0 Å². The van der Waals surface area contributed by atoms with E-state index in [2.05, 4.69) is 12.6 Å². The number of benzene rings is 3. The number of thiol groups is 1. The molecule has 0 fully saturated rings. The van der Waals surface area contributed by atoms with Gasteiger partial charge < -0.3 is 4.18 Å². The van der Waals surface area contributed by atoms with Crippen molar-refractivity contribution in [2.24, 2.45) is 0 Å². The van der Waals surface area contributed by atoms with Crippen molar-refractivity contribution in [3.05, 3.63) is 95.6 Å². The fourth-order valence-corrected chi connectivity index (χ4v) is 3.69. The molecule has 3 aromatic rings. The van der Waals surface area contributed by atoms with Gasteiger partial charge in [0.1, 0.15) is 10.6 Å². The van der Waals surface area contributed by atoms with Gasteiger partial charge in [-0.25, -0.2) is 0 Å². The van der Waals surface area contributed by atoms with Crippen LogP contribution in [0.1, 0.15) is 21.9 Å². The minimum atomic E-state index is -3.83. The zero-order valence-corrected chi connectivity index (χ0v) is 15.4. The Labute approximate surface area is 153 Å². The van der Waals surface area contributed by atoms with Gasteiger partial charge >= 0.3 is 10.1 Å². The summed E-state index contributed by atoms with van der Waals surface area (Å²) in [4.78, 5) is 0.138. The van der Waals surface area contributed by atoms with E-state index in [0.717, 1.165) is 16.7 Å². The van der Waals surface area contributed by atoms with Crippen molar-refractivity contribution in [1.29, 1.82) is 0 Å². The molecule has 0 aromatic heterocycles. The van der Waals surface area contributed by atoms with E-state index < -0.39 is 10.1 Å². The molecular formula is C20H18O3S2. The summed E-state index contributed by atoms with van der Waals surface area (Å²) in [5, 5.41) is -0.0797. The molecule has 128 valence electrons. The summed E-state index contributed by atoms with van der Waals surface area (Å²) >= 11 is 4.64. The lowest BCUT2D eigenvalue weighted by Gasteiger charge is -2.12. The minimum Gasteiger partial charge on any atom is -0.379 e. The van der Waals surface area contributed by atoms with Crippen molar-refractivity contribution in [3.63, 3.8) is 0 Å². The molecule has 3 rings (SSSR count). The van der Waals surface area contributed by atoms with Crippen LogP contribution in [0.5, 0.6) is 5.75 Å². The number of hydrogen-bond donors (Lipinski definition) is 1. The second-order valence-electron chi connectivity index (χ2n) is 5.73. The Morgan fingerprint density at radius 2 is 1.36 bits per heavy atom. The van der Waals surface area contributed by atoms with E-state index in [4.69, 9.17) is 4.18 Å². The Kier molecular flexibility index (Phi) is 5.16. The summed E-state index contributed by atoms with van der Waals surface area (Å²) in [6.45, 7) is 1.90. The number of aryl methyl sites for hydroxylation is 1. The van der Waals surface area contributed by atoms with E-state index in [0.29, 0.717) is 0 Å². The molecule has 1 atom stereocenters. The van der Waals surface area contributed by atoms with E-state index in [1.54, 1.807) is 24.3 Å². The van der Waals surface area contributed by atoms with E-state index in [-0.39, 0.29) is 15.9 Å². The molecule has 0 bridgehead atoms. The van der Waals surface area contributed by atoms with Crippen LogP contribution in [0.15, 0.2) is 83.8 Å². The first kappa shape index (κ1) is 17.6. The second-order valence-corrected chi connectivity index (χ2v) is 7.80. The van der Waals surface area contributed by atoms with E-state index >= 15 is 0 Å². The first-order chi connectivity index (χ1) is 12.0. The minimum absolute atomic E-state index is 0.0797. The summed E-state index contributed by atoms with van der Waals surface area (Å²) in [5.74, 6) is 0.276. The highest BCUT2D eigenvalue weighted by atomic mass is 32.2. The van der Waals surface area contributed by atoms with Gasteiger partial charge in [-0.2, -0.15) is 21.0 Å². The molecule has 0 amide bonds. The van der Waals surface area contributed by atoms with Crippen LogP contribution in [0.2, 0.25) is 0 Å². The molecule has 1 unspecified atom stereocenters. The second kappa shape index (κ2) is 7.33. The average molecular weight is 370 g/mol. The summed E-state index contributed by atoms with van der Waals surface area (Å²) in [6.07, 6.45) is 0. The third-order valence-corrected chi connectivity index (χ3v) is 5.68. The fourth-order valence-electron chi connectivity index (χ4n) is 2.41. The number of hydrogen-bond acceptors (Lipinski definition) is 4. The van der Waals surface area contributed by atoms with Crippen molar-refractivity contribution < 1.29 is 12.6 Å². The van der Waals surface area contributed by atoms with Crippen LogP contribution < -0.4 is 4.18 Å². The SMILES string of the molecule is Cc1ccc(S(=O)(=O)Oc2ccc(C(S)c3ccccc3)cc2)cc1. The molecule has 0 saturated heterocycles. The molecule has 25 heavy (non-hydrogen) atoms. The van der Waals surface area contributed by atoms with Gasteiger partial charge in [0.05, 0.1) is 5.25 Å². The van der Waals surface area contributed by atoms with E-state index in [9.17, 15) is 8.42 Å². The highest BCUT2D eigenvalue weighted by Gasteiger charge is 2.17. The molecule has 5 heteroatoms. The third-order valence-electron chi connectivity index (χ3n) is 3.83. The average Bonchev–Trinajstić information content (AvgIpc) is 2.62.